The molecule has 0 radical (unpaired) electrons. The Kier molecular flexibility index (Phi) is 5.61. The van der Waals surface area contributed by atoms with Crippen LogP contribution in [-0.2, 0) is 4.79 Å². The molecule has 2 aromatic rings. The first-order chi connectivity index (χ1) is 13.4. The van der Waals surface area contributed by atoms with Crippen molar-refractivity contribution in [2.45, 2.75) is 6.04 Å². The van der Waals surface area contributed by atoms with E-state index in [9.17, 15) is 13.6 Å². The van der Waals surface area contributed by atoms with Gasteiger partial charge >= 0.3 is 0 Å². The molecule has 1 unspecified atom stereocenters. The van der Waals surface area contributed by atoms with Gasteiger partial charge in [0, 0.05) is 19.3 Å². The Morgan fingerprint density at radius 1 is 1.25 bits per heavy atom. The van der Waals surface area contributed by atoms with Crippen LogP contribution < -0.4 is 20.2 Å². The molecule has 148 valence electrons. The molecule has 0 bridgehead atoms. The first-order valence-electron chi connectivity index (χ1n) is 7.95. The average molecular weight is 412 g/mol. The van der Waals surface area contributed by atoms with Gasteiger partial charge in [0.1, 0.15) is 17.5 Å². The van der Waals surface area contributed by atoms with Gasteiger partial charge in [0.2, 0.25) is 11.8 Å². The van der Waals surface area contributed by atoms with Crippen LogP contribution in [0.15, 0.2) is 29.7 Å². The Balaban J connectivity index is 1.94. The molecule has 0 saturated heterocycles. The van der Waals surface area contributed by atoms with Crippen LogP contribution >= 0.6 is 11.6 Å². The van der Waals surface area contributed by atoms with E-state index >= 15 is 0 Å². The SMILES string of the molecule is COc1cc(OC)c(C2=C(Cl)C(C(=O)Nc3c(F)cncc3F)NN2C)cn1. The highest BCUT2D eigenvalue weighted by atomic mass is 35.5. The highest BCUT2D eigenvalue weighted by Gasteiger charge is 2.36. The zero-order valence-corrected chi connectivity index (χ0v) is 15.8. The van der Waals surface area contributed by atoms with Crippen molar-refractivity contribution >= 4 is 28.9 Å². The second-order valence-corrected chi connectivity index (χ2v) is 6.12. The molecule has 1 aliphatic heterocycles. The molecule has 11 heteroatoms. The first kappa shape index (κ1) is 19.8. The zero-order chi connectivity index (χ0) is 20.4. The maximum atomic E-state index is 13.8. The van der Waals surface area contributed by atoms with Gasteiger partial charge in [-0.3, -0.25) is 9.78 Å². The zero-order valence-electron chi connectivity index (χ0n) is 15.1. The maximum Gasteiger partial charge on any atom is 0.249 e. The summed E-state index contributed by atoms with van der Waals surface area (Å²) in [5.74, 6) is -2.00. The van der Waals surface area contributed by atoms with Crippen LogP contribution in [0.2, 0.25) is 0 Å². The fourth-order valence-corrected chi connectivity index (χ4v) is 3.07. The predicted octanol–water partition coefficient (Wildman–Crippen LogP) is 2.14. The third kappa shape index (κ3) is 3.56. The number of pyridine rings is 2. The number of carbonyl (C=O) groups is 1. The molecule has 0 aliphatic carbocycles. The normalized spacial score (nSPS) is 16.4. The summed E-state index contributed by atoms with van der Waals surface area (Å²) in [7, 11) is 4.56. The number of hydrazine groups is 1. The number of ether oxygens (including phenoxy) is 2. The minimum atomic E-state index is -1.08. The summed E-state index contributed by atoms with van der Waals surface area (Å²) in [6, 6.07) is 0.482. The predicted molar refractivity (Wildman–Crippen MR) is 97.6 cm³/mol. The van der Waals surface area contributed by atoms with Gasteiger partial charge in [-0.05, 0) is 0 Å². The third-order valence-corrected chi connectivity index (χ3v) is 4.42. The topological polar surface area (TPSA) is 88.6 Å². The number of amides is 1. The summed E-state index contributed by atoms with van der Waals surface area (Å²) in [5, 5.41) is 3.78. The standard InChI is InChI=1S/C17H16ClF2N5O3/c1-25-16(8-5-22-12(28-3)4-11(8)27-2)13(18)15(24-25)17(26)23-14-9(19)6-21-7-10(14)20/h4-7,15,24H,1-3H3,(H,21,23,26). The summed E-state index contributed by atoms with van der Waals surface area (Å²) in [6.45, 7) is 0. The van der Waals surface area contributed by atoms with Gasteiger partial charge in [0.05, 0.1) is 42.9 Å². The molecule has 0 saturated carbocycles. The number of halogens is 3. The van der Waals surface area contributed by atoms with Crippen molar-refractivity contribution in [3.05, 3.63) is 46.9 Å². The van der Waals surface area contributed by atoms with Crippen molar-refractivity contribution in [2.75, 3.05) is 26.6 Å². The number of carbonyl (C=O) groups excluding carboxylic acids is 1. The lowest BCUT2D eigenvalue weighted by Gasteiger charge is -2.19. The van der Waals surface area contributed by atoms with E-state index in [0.717, 1.165) is 12.4 Å². The van der Waals surface area contributed by atoms with Crippen LogP contribution in [-0.4, -0.2) is 48.2 Å². The third-order valence-electron chi connectivity index (χ3n) is 4.03. The van der Waals surface area contributed by atoms with E-state index in [1.54, 1.807) is 13.1 Å². The molecule has 0 fully saturated rings. The van der Waals surface area contributed by atoms with E-state index < -0.39 is 29.3 Å². The smallest absolute Gasteiger partial charge is 0.249 e. The largest absolute Gasteiger partial charge is 0.496 e. The molecule has 28 heavy (non-hydrogen) atoms. The fourth-order valence-electron chi connectivity index (χ4n) is 2.70. The molecule has 1 atom stereocenters. The van der Waals surface area contributed by atoms with Gasteiger partial charge in [-0.2, -0.15) is 0 Å². The lowest BCUT2D eigenvalue weighted by atomic mass is 10.1. The van der Waals surface area contributed by atoms with Crippen molar-refractivity contribution in [1.29, 1.82) is 0 Å². The lowest BCUT2D eigenvalue weighted by Crippen LogP contribution is -2.42. The first-order valence-corrected chi connectivity index (χ1v) is 8.33. The molecule has 2 N–H and O–H groups in total. The molecule has 3 rings (SSSR count). The number of nitrogens with one attached hydrogen (secondary N) is 2. The average Bonchev–Trinajstić information content (AvgIpc) is 2.98. The molecule has 0 spiro atoms. The summed E-state index contributed by atoms with van der Waals surface area (Å²) in [6.07, 6.45) is 3.07. The summed E-state index contributed by atoms with van der Waals surface area (Å²) >= 11 is 6.42. The van der Waals surface area contributed by atoms with Crippen LogP contribution in [0.5, 0.6) is 11.6 Å². The van der Waals surface area contributed by atoms with E-state index in [1.165, 1.54) is 25.4 Å². The van der Waals surface area contributed by atoms with E-state index in [4.69, 9.17) is 21.1 Å². The number of rotatable bonds is 5. The van der Waals surface area contributed by atoms with Crippen molar-refractivity contribution in [3.63, 3.8) is 0 Å². The van der Waals surface area contributed by atoms with Crippen LogP contribution in [0.3, 0.4) is 0 Å². The molecule has 1 amide bonds. The van der Waals surface area contributed by atoms with Gasteiger partial charge in [0.15, 0.2) is 11.6 Å². The van der Waals surface area contributed by atoms with Crippen molar-refractivity contribution < 1.29 is 23.0 Å². The van der Waals surface area contributed by atoms with Crippen molar-refractivity contribution in [3.8, 4) is 11.6 Å². The molecule has 2 aromatic heterocycles. The van der Waals surface area contributed by atoms with Crippen LogP contribution in [0.1, 0.15) is 5.56 Å². The Morgan fingerprint density at radius 3 is 2.54 bits per heavy atom. The lowest BCUT2D eigenvalue weighted by molar-refractivity contribution is -0.117. The molecule has 0 aromatic carbocycles. The Morgan fingerprint density at radius 2 is 1.93 bits per heavy atom. The molecular weight excluding hydrogens is 396 g/mol. The molecular formula is C17H16ClF2N5O3. The minimum absolute atomic E-state index is 0.0974. The van der Waals surface area contributed by atoms with E-state index in [2.05, 4.69) is 20.7 Å². The molecule has 8 nitrogen and oxygen atoms in total. The highest BCUT2D eigenvalue weighted by molar-refractivity contribution is 6.36. The summed E-state index contributed by atoms with van der Waals surface area (Å²) < 4.78 is 37.9. The van der Waals surface area contributed by atoms with Gasteiger partial charge in [-0.1, -0.05) is 11.6 Å². The second kappa shape index (κ2) is 7.95. The minimum Gasteiger partial charge on any atom is -0.496 e. The van der Waals surface area contributed by atoms with Gasteiger partial charge in [-0.15, -0.1) is 0 Å². The van der Waals surface area contributed by atoms with E-state index in [-0.39, 0.29) is 5.03 Å². The second-order valence-electron chi connectivity index (χ2n) is 5.71. The molecule has 1 aliphatic rings. The van der Waals surface area contributed by atoms with Crippen molar-refractivity contribution in [1.82, 2.24) is 20.4 Å². The Hall–Kier alpha value is -2.98. The molecule has 3 heterocycles. The number of hydrogen-bond donors (Lipinski definition) is 2. The van der Waals surface area contributed by atoms with E-state index in [0.29, 0.717) is 22.9 Å². The number of hydrogen-bond acceptors (Lipinski definition) is 7. The highest BCUT2D eigenvalue weighted by Crippen LogP contribution is 2.37. The quantitative estimate of drug-likeness (QED) is 0.779. The summed E-state index contributed by atoms with van der Waals surface area (Å²) in [4.78, 5) is 20.1. The summed E-state index contributed by atoms with van der Waals surface area (Å²) in [5.41, 5.74) is 3.15. The number of aromatic nitrogens is 2. The van der Waals surface area contributed by atoms with Crippen LogP contribution in [0.4, 0.5) is 14.5 Å². The number of methoxy groups -OCH3 is 2. The number of anilines is 1. The van der Waals surface area contributed by atoms with Gasteiger partial charge in [-0.25, -0.2) is 19.2 Å². The number of nitrogens with zero attached hydrogens (tertiary/aromatic N) is 3. The van der Waals surface area contributed by atoms with E-state index in [1.807, 2.05) is 0 Å². The van der Waals surface area contributed by atoms with Crippen LogP contribution in [0.25, 0.3) is 5.70 Å². The Labute approximate surface area is 164 Å². The van der Waals surface area contributed by atoms with Gasteiger partial charge in [0.25, 0.3) is 0 Å². The Bertz CT molecular complexity index is 936. The monoisotopic (exact) mass is 411 g/mol. The van der Waals surface area contributed by atoms with Gasteiger partial charge < -0.3 is 19.8 Å². The van der Waals surface area contributed by atoms with Crippen molar-refractivity contribution in [2.24, 2.45) is 0 Å². The fraction of sp³-hybridized carbons (Fsp3) is 0.235. The van der Waals surface area contributed by atoms with Crippen LogP contribution in [0, 0.1) is 11.6 Å². The maximum absolute atomic E-state index is 13.8.